The molecular formula is C2H3N4S. The van der Waals surface area contributed by atoms with Gasteiger partial charge in [0, 0.05) is 0 Å². The van der Waals surface area contributed by atoms with Crippen molar-refractivity contribution >= 4 is 12.6 Å². The maximum atomic E-state index is 5.10. The molecule has 1 radical (unpaired) electrons. The predicted octanol–water partition coefficient (Wildman–Crippen LogP) is -0.919. The Balaban J connectivity index is 3.12. The van der Waals surface area contributed by atoms with Gasteiger partial charge in [0.05, 0.1) is 0 Å². The Kier molecular flexibility index (Phi) is 0.900. The zero-order chi connectivity index (χ0) is 5.28. The van der Waals surface area contributed by atoms with Crippen LogP contribution in [0, 0.1) is 6.33 Å². The van der Waals surface area contributed by atoms with E-state index in [2.05, 4.69) is 29.2 Å². The summed E-state index contributed by atoms with van der Waals surface area (Å²) >= 11 is 3.78. The van der Waals surface area contributed by atoms with Crippen LogP contribution in [0.4, 0.5) is 0 Å². The molecule has 0 fully saturated rings. The predicted molar refractivity (Wildman–Crippen MR) is 26.3 cm³/mol. The van der Waals surface area contributed by atoms with Crippen molar-refractivity contribution in [1.29, 1.82) is 0 Å². The van der Waals surface area contributed by atoms with Gasteiger partial charge in [0.25, 0.3) is 0 Å². The molecule has 5 heteroatoms. The molecule has 7 heavy (non-hydrogen) atoms. The van der Waals surface area contributed by atoms with Crippen molar-refractivity contribution in [1.82, 2.24) is 14.9 Å². The standard InChI is InChI=1S/C2H3N4S/c3-6-1-4-5-2(6)7/h3H2,(H,5,7). The number of hydrogen-bond acceptors (Lipinski definition) is 4. The second kappa shape index (κ2) is 1.42. The summed E-state index contributed by atoms with van der Waals surface area (Å²) in [6.07, 6.45) is 2.33. The Bertz CT molecular complexity index is 142. The van der Waals surface area contributed by atoms with E-state index in [-0.39, 0.29) is 0 Å². The Labute approximate surface area is 45.7 Å². The molecule has 0 spiro atoms. The van der Waals surface area contributed by atoms with Crippen LogP contribution in [0.25, 0.3) is 0 Å². The van der Waals surface area contributed by atoms with E-state index in [1.54, 1.807) is 0 Å². The van der Waals surface area contributed by atoms with E-state index in [0.29, 0.717) is 5.16 Å². The summed E-state index contributed by atoms with van der Waals surface area (Å²) in [5, 5.41) is 7.08. The third-order valence-electron chi connectivity index (χ3n) is 0.507. The number of thiol groups is 1. The maximum absolute atomic E-state index is 5.10. The van der Waals surface area contributed by atoms with Crippen molar-refractivity contribution in [2.24, 2.45) is 0 Å². The van der Waals surface area contributed by atoms with E-state index in [9.17, 15) is 0 Å². The molecule has 0 aromatic carbocycles. The highest BCUT2D eigenvalue weighted by Gasteiger charge is 1.89. The van der Waals surface area contributed by atoms with E-state index in [1.165, 1.54) is 0 Å². The van der Waals surface area contributed by atoms with E-state index < -0.39 is 0 Å². The van der Waals surface area contributed by atoms with Crippen LogP contribution in [0.2, 0.25) is 0 Å². The molecule has 0 aliphatic heterocycles. The van der Waals surface area contributed by atoms with Gasteiger partial charge in [0.15, 0.2) is 0 Å². The normalized spacial score (nSPS) is 9.29. The molecule has 0 amide bonds. The van der Waals surface area contributed by atoms with Crippen molar-refractivity contribution in [3.63, 3.8) is 0 Å². The Morgan fingerprint density at radius 1 is 1.86 bits per heavy atom. The van der Waals surface area contributed by atoms with Gasteiger partial charge in [-0.1, -0.05) is 0 Å². The average molecular weight is 115 g/mol. The second-order valence-electron chi connectivity index (χ2n) is 0.970. The van der Waals surface area contributed by atoms with Gasteiger partial charge in [-0.25, -0.2) is 4.68 Å². The first-order chi connectivity index (χ1) is 3.30. The summed E-state index contributed by atoms with van der Waals surface area (Å²) in [5.74, 6) is 5.10. The molecule has 0 atom stereocenters. The molecule has 0 saturated carbocycles. The lowest BCUT2D eigenvalue weighted by Gasteiger charge is -1.83. The minimum atomic E-state index is 0.361. The molecule has 37 valence electrons. The highest BCUT2D eigenvalue weighted by molar-refractivity contribution is 7.80. The molecule has 0 aliphatic carbocycles. The lowest BCUT2D eigenvalue weighted by Crippen LogP contribution is -2.06. The van der Waals surface area contributed by atoms with Gasteiger partial charge < -0.3 is 5.84 Å². The fourth-order valence-corrected chi connectivity index (χ4v) is 0.298. The maximum Gasteiger partial charge on any atom is 0.223 e. The van der Waals surface area contributed by atoms with E-state index >= 15 is 0 Å². The Morgan fingerprint density at radius 2 is 2.57 bits per heavy atom. The van der Waals surface area contributed by atoms with Gasteiger partial charge in [-0.05, 0) is 0 Å². The fraction of sp³-hybridized carbons (Fsp3) is 0. The SMILES string of the molecule is Nn1[c]nnc1S. The van der Waals surface area contributed by atoms with Crippen LogP contribution in [0.5, 0.6) is 0 Å². The lowest BCUT2D eigenvalue weighted by molar-refractivity contribution is 0.848. The summed E-state index contributed by atoms with van der Waals surface area (Å²) in [4.78, 5) is 0. The number of nitrogen functional groups attached to an aromatic ring is 1. The molecule has 1 heterocycles. The molecular weight excluding hydrogens is 112 g/mol. The fourth-order valence-electron chi connectivity index (χ4n) is 0.208. The second-order valence-corrected chi connectivity index (χ2v) is 1.37. The van der Waals surface area contributed by atoms with Crippen LogP contribution in [-0.2, 0) is 0 Å². The van der Waals surface area contributed by atoms with Gasteiger partial charge in [0.2, 0.25) is 11.5 Å². The van der Waals surface area contributed by atoms with Crippen LogP contribution in [0.1, 0.15) is 0 Å². The molecule has 0 aliphatic rings. The van der Waals surface area contributed by atoms with Crippen LogP contribution < -0.4 is 5.84 Å². The number of aromatic nitrogens is 3. The van der Waals surface area contributed by atoms with Gasteiger partial charge in [-0.15, -0.1) is 22.8 Å². The highest BCUT2D eigenvalue weighted by atomic mass is 32.1. The smallest absolute Gasteiger partial charge is 0.223 e. The van der Waals surface area contributed by atoms with Gasteiger partial charge >= 0.3 is 0 Å². The Morgan fingerprint density at radius 3 is 2.71 bits per heavy atom. The van der Waals surface area contributed by atoms with Crippen LogP contribution in [-0.4, -0.2) is 14.9 Å². The third kappa shape index (κ3) is 0.663. The van der Waals surface area contributed by atoms with Crippen LogP contribution >= 0.6 is 12.6 Å². The summed E-state index contributed by atoms with van der Waals surface area (Å²) in [6, 6.07) is 0. The zero-order valence-corrected chi connectivity index (χ0v) is 4.26. The monoisotopic (exact) mass is 115 g/mol. The van der Waals surface area contributed by atoms with Gasteiger partial charge in [-0.3, -0.25) is 0 Å². The topological polar surface area (TPSA) is 56.7 Å². The molecule has 2 N–H and O–H groups in total. The molecule has 0 unspecified atom stereocenters. The van der Waals surface area contributed by atoms with Crippen molar-refractivity contribution in [2.45, 2.75) is 5.16 Å². The molecule has 1 aromatic rings. The summed E-state index contributed by atoms with van der Waals surface area (Å²) < 4.78 is 1.10. The first-order valence-electron chi connectivity index (χ1n) is 1.58. The number of hydrogen-bond donors (Lipinski definition) is 2. The molecule has 1 rings (SSSR count). The summed E-state index contributed by atoms with van der Waals surface area (Å²) in [6.45, 7) is 0. The van der Waals surface area contributed by atoms with Crippen LogP contribution in [0.3, 0.4) is 0 Å². The van der Waals surface area contributed by atoms with Gasteiger partial charge in [-0.2, -0.15) is 0 Å². The number of nitrogens with zero attached hydrogens (tertiary/aromatic N) is 3. The quantitative estimate of drug-likeness (QED) is 0.339. The zero-order valence-electron chi connectivity index (χ0n) is 3.37. The first kappa shape index (κ1) is 4.45. The van der Waals surface area contributed by atoms with Crippen molar-refractivity contribution < 1.29 is 0 Å². The molecule has 1 aromatic heterocycles. The Hall–Kier alpha value is -0.710. The van der Waals surface area contributed by atoms with Crippen molar-refractivity contribution in [3.05, 3.63) is 6.33 Å². The van der Waals surface area contributed by atoms with Crippen molar-refractivity contribution in [3.8, 4) is 0 Å². The minimum Gasteiger partial charge on any atom is -0.335 e. The number of rotatable bonds is 0. The molecule has 4 nitrogen and oxygen atoms in total. The molecule has 0 bridgehead atoms. The molecule has 0 saturated heterocycles. The van der Waals surface area contributed by atoms with E-state index in [0.717, 1.165) is 4.68 Å². The average Bonchev–Trinajstić information content (AvgIpc) is 1.91. The van der Waals surface area contributed by atoms with Gasteiger partial charge in [0.1, 0.15) is 0 Å². The summed E-state index contributed by atoms with van der Waals surface area (Å²) in [5.41, 5.74) is 0. The van der Waals surface area contributed by atoms with Crippen molar-refractivity contribution in [2.75, 3.05) is 5.84 Å². The number of nitrogens with two attached hydrogens (primary N) is 1. The minimum absolute atomic E-state index is 0.361. The lowest BCUT2D eigenvalue weighted by atomic mass is 11.2. The largest absolute Gasteiger partial charge is 0.335 e. The first-order valence-corrected chi connectivity index (χ1v) is 2.02. The summed E-state index contributed by atoms with van der Waals surface area (Å²) in [7, 11) is 0. The van der Waals surface area contributed by atoms with E-state index in [1.807, 2.05) is 0 Å². The highest BCUT2D eigenvalue weighted by Crippen LogP contribution is 1.90. The van der Waals surface area contributed by atoms with E-state index in [4.69, 9.17) is 5.84 Å². The third-order valence-corrected chi connectivity index (χ3v) is 0.812. The van der Waals surface area contributed by atoms with Crippen LogP contribution in [0.15, 0.2) is 5.16 Å².